The highest BCUT2D eigenvalue weighted by molar-refractivity contribution is 8.00. The average Bonchev–Trinajstić information content (AvgIpc) is 3.45. The van der Waals surface area contributed by atoms with Gasteiger partial charge in [-0.25, -0.2) is 9.59 Å². The van der Waals surface area contributed by atoms with Crippen LogP contribution in [-0.2, 0) is 25.5 Å². The summed E-state index contributed by atoms with van der Waals surface area (Å²) in [6.07, 6.45) is 2.32. The number of carbonyl (C=O) groups excluding carboxylic acids is 2. The first kappa shape index (κ1) is 31.7. The molecule has 0 amide bonds. The van der Waals surface area contributed by atoms with Crippen molar-refractivity contribution in [3.05, 3.63) is 83.7 Å². The first-order valence-corrected chi connectivity index (χ1v) is 13.6. The van der Waals surface area contributed by atoms with Gasteiger partial charge >= 0.3 is 11.9 Å². The second-order valence-corrected chi connectivity index (χ2v) is 10.6. The van der Waals surface area contributed by atoms with Gasteiger partial charge in [0.1, 0.15) is 17.7 Å². The molecule has 0 aliphatic carbocycles. The van der Waals surface area contributed by atoms with Crippen LogP contribution in [0.4, 0.5) is 11.4 Å². The van der Waals surface area contributed by atoms with E-state index >= 15 is 0 Å². The van der Waals surface area contributed by atoms with Crippen LogP contribution < -0.4 is 21.3 Å². The number of allylic oxidation sites excluding steroid dienone is 1. The fourth-order valence-electron chi connectivity index (χ4n) is 3.50. The summed E-state index contributed by atoms with van der Waals surface area (Å²) in [7, 11) is 0. The number of hydrogen-bond donors (Lipinski definition) is 3. The van der Waals surface area contributed by atoms with Crippen molar-refractivity contribution in [3.63, 3.8) is 0 Å². The molecule has 0 bridgehead atoms. The van der Waals surface area contributed by atoms with Gasteiger partial charge in [-0.3, -0.25) is 25.2 Å². The Morgan fingerprint density at radius 3 is 2.52 bits per heavy atom. The number of aliphatic imine (C=N–C) groups is 1. The number of hydrogen-bond acceptors (Lipinski definition) is 15. The van der Waals surface area contributed by atoms with E-state index in [0.717, 1.165) is 30.0 Å². The number of non-ortho nitro benzene ring substituents is 1. The summed E-state index contributed by atoms with van der Waals surface area (Å²) in [6.45, 7) is -0.784. The number of thioether (sulfide) groups is 1. The zero-order chi connectivity index (χ0) is 31.0. The van der Waals surface area contributed by atoms with E-state index < -0.39 is 74.8 Å². The third kappa shape index (κ3) is 8.35. The van der Waals surface area contributed by atoms with Gasteiger partial charge in [-0.2, -0.15) is 0 Å². The number of carboxylic acids is 2. The fourth-order valence-corrected chi connectivity index (χ4v) is 5.35. The summed E-state index contributed by atoms with van der Waals surface area (Å²) < 4.78 is 4.94. The molecule has 3 atom stereocenters. The maximum Gasteiger partial charge on any atom is 0.352 e. The highest BCUT2D eigenvalue weighted by Gasteiger charge is 2.35. The van der Waals surface area contributed by atoms with Crippen molar-refractivity contribution in [1.82, 2.24) is 5.32 Å². The Morgan fingerprint density at radius 1 is 1.19 bits per heavy atom. The Morgan fingerprint density at radius 2 is 1.93 bits per heavy atom. The number of nitro benzene ring substituents is 2. The number of carboxylic acid groups (broad SMARTS) is 2. The number of carbonyl (C=O) groups is 3. The van der Waals surface area contributed by atoms with Crippen molar-refractivity contribution in [2.75, 3.05) is 12.4 Å². The van der Waals surface area contributed by atoms with Crippen molar-refractivity contribution in [2.45, 2.75) is 23.9 Å². The van der Waals surface area contributed by atoms with Crippen LogP contribution in [0.25, 0.3) is 6.08 Å². The van der Waals surface area contributed by atoms with E-state index in [0.29, 0.717) is 4.88 Å². The van der Waals surface area contributed by atoms with E-state index in [1.807, 2.05) is 0 Å². The van der Waals surface area contributed by atoms with Crippen molar-refractivity contribution in [3.8, 4) is 0 Å². The number of nitrogens with two attached hydrogens (primary N) is 1. The summed E-state index contributed by atoms with van der Waals surface area (Å²) >= 11 is 2.24. The average molecular weight is 620 g/mol. The van der Waals surface area contributed by atoms with Crippen molar-refractivity contribution in [1.29, 1.82) is 0 Å². The molecule has 0 radical (unpaired) electrons. The van der Waals surface area contributed by atoms with Gasteiger partial charge in [0.25, 0.3) is 11.4 Å². The Labute approximate surface area is 244 Å². The first-order valence-electron chi connectivity index (χ1n) is 11.7. The van der Waals surface area contributed by atoms with E-state index in [2.05, 4.69) is 10.3 Å². The monoisotopic (exact) mass is 619 g/mol. The maximum atomic E-state index is 12.9. The Kier molecular flexibility index (Phi) is 10.7. The maximum absolute atomic E-state index is 12.9. The molecular formula is C24H21N5O11S2-2. The lowest BCUT2D eigenvalue weighted by Gasteiger charge is -2.31. The minimum Gasteiger partial charge on any atom is -0.862 e. The zero-order valence-corrected chi connectivity index (χ0v) is 22.9. The van der Waals surface area contributed by atoms with Gasteiger partial charge in [-0.15, -0.1) is 23.1 Å². The van der Waals surface area contributed by atoms with Gasteiger partial charge in [-0.05, 0) is 35.1 Å². The number of nitrogens with zero attached hydrogens (tertiary/aromatic N) is 3. The van der Waals surface area contributed by atoms with Gasteiger partial charge in [0, 0.05) is 23.1 Å². The number of rotatable bonds is 13. The molecule has 2 aromatic rings. The number of aliphatic carboxylic acids is 2. The van der Waals surface area contributed by atoms with Crippen LogP contribution in [0.1, 0.15) is 10.4 Å². The Bertz CT molecular complexity index is 1470. The molecule has 1 aliphatic heterocycles. The quantitative estimate of drug-likeness (QED) is 0.0844. The number of nitrogens with one attached hydrogen (secondary N) is 1. The molecule has 0 saturated heterocycles. The van der Waals surface area contributed by atoms with Gasteiger partial charge in [0.15, 0.2) is 6.04 Å². The van der Waals surface area contributed by atoms with E-state index in [9.17, 15) is 49.9 Å². The molecule has 1 aromatic carbocycles. The highest BCUT2D eigenvalue weighted by Crippen LogP contribution is 2.30. The summed E-state index contributed by atoms with van der Waals surface area (Å²) in [6, 6.07) is 3.10. The lowest BCUT2D eigenvalue weighted by Crippen LogP contribution is -2.49. The molecule has 0 unspecified atom stereocenters. The molecule has 0 fully saturated rings. The molecule has 16 nitrogen and oxygen atoms in total. The molecule has 3 rings (SSSR count). The highest BCUT2D eigenvalue weighted by atomic mass is 32.2. The van der Waals surface area contributed by atoms with Crippen LogP contribution >= 0.6 is 23.1 Å². The molecule has 1 aromatic heterocycles. The standard InChI is InChI=1S/C24H23N5O11S2/c25-16(22(31)32)10-40-24(35)20(26-18(30)9-15-2-1-7-41-15)21-27-19(23(33)34)13(11-42-21)4-3-12-5-6-14(28(36)37)8-17(12)29(38)39/h1-8,16,20-21,27H,9-11,25H2,(H,26,30)(H,31,32)(H,33,34)/p-2/b4-3+/t16-,20-,21+/m0/s1. The van der Waals surface area contributed by atoms with E-state index in [4.69, 9.17) is 10.5 Å². The Hall–Kier alpha value is -4.81. The van der Waals surface area contributed by atoms with E-state index in [1.165, 1.54) is 23.5 Å². The van der Waals surface area contributed by atoms with Gasteiger partial charge in [0.2, 0.25) is 0 Å². The number of nitro groups is 2. The molecular weight excluding hydrogens is 598 g/mol. The molecule has 0 spiro atoms. The molecule has 1 aliphatic rings. The van der Waals surface area contributed by atoms with Crippen LogP contribution in [0.15, 0.2) is 58.1 Å². The SMILES string of the molecule is N[C@@H](COC(=O)[C@@H](N=C([O-])Cc1cccs1)[C@@H]1NC(C(=O)O)=C(/C=C/c2ccc([N+](=O)[O-])cc2[N+](=O)[O-])CS1)C(=O)[O-]. The lowest BCUT2D eigenvalue weighted by atomic mass is 10.1. The first-order chi connectivity index (χ1) is 19.9. The minimum absolute atomic E-state index is 0.0325. The number of benzene rings is 1. The fraction of sp³-hybridized carbons (Fsp3) is 0.250. The predicted octanol–water partition coefficient (Wildman–Crippen LogP) is -0.431. The molecule has 222 valence electrons. The Balaban J connectivity index is 1.91. The molecule has 2 heterocycles. The topological polar surface area (TPSA) is 263 Å². The van der Waals surface area contributed by atoms with Gasteiger partial charge in [-0.1, -0.05) is 12.1 Å². The number of ether oxygens (including phenoxy) is 1. The molecule has 4 N–H and O–H groups in total. The third-order valence-corrected chi connectivity index (χ3v) is 7.64. The zero-order valence-electron chi connectivity index (χ0n) is 21.2. The van der Waals surface area contributed by atoms with Gasteiger partial charge in [0.05, 0.1) is 33.5 Å². The third-order valence-electron chi connectivity index (χ3n) is 5.55. The van der Waals surface area contributed by atoms with Crippen molar-refractivity contribution in [2.24, 2.45) is 10.7 Å². The second kappa shape index (κ2) is 14.2. The van der Waals surface area contributed by atoms with Crippen LogP contribution in [-0.4, -0.2) is 68.6 Å². The number of esters is 1. The van der Waals surface area contributed by atoms with Gasteiger partial charge < -0.3 is 35.9 Å². The summed E-state index contributed by atoms with van der Waals surface area (Å²) in [5.74, 6) is -5.08. The normalized spacial score (nSPS) is 16.9. The van der Waals surface area contributed by atoms with Crippen LogP contribution in [0.3, 0.4) is 0 Å². The summed E-state index contributed by atoms with van der Waals surface area (Å²) in [5.41, 5.74) is 3.93. The largest absolute Gasteiger partial charge is 0.862 e. The van der Waals surface area contributed by atoms with Crippen molar-refractivity contribution < 1.29 is 44.3 Å². The molecule has 42 heavy (non-hydrogen) atoms. The lowest BCUT2D eigenvalue weighted by molar-refractivity contribution is -0.394. The summed E-state index contributed by atoms with van der Waals surface area (Å²) in [5, 5.41) is 59.0. The minimum atomic E-state index is -1.68. The van der Waals surface area contributed by atoms with Crippen LogP contribution in [0.5, 0.6) is 0 Å². The molecule has 18 heteroatoms. The predicted molar refractivity (Wildman–Crippen MR) is 146 cm³/mol. The van der Waals surface area contributed by atoms with Crippen LogP contribution in [0.2, 0.25) is 0 Å². The second-order valence-electron chi connectivity index (χ2n) is 8.45. The van der Waals surface area contributed by atoms with Crippen molar-refractivity contribution >= 4 is 64.4 Å². The molecule has 0 saturated carbocycles. The smallest absolute Gasteiger partial charge is 0.352 e. The number of thiophene rings is 1. The van der Waals surface area contributed by atoms with E-state index in [-0.39, 0.29) is 23.3 Å². The van der Waals surface area contributed by atoms with Crippen LogP contribution in [0, 0.1) is 20.2 Å². The summed E-state index contributed by atoms with van der Waals surface area (Å²) in [4.78, 5) is 61.2. The van der Waals surface area contributed by atoms with E-state index in [1.54, 1.807) is 17.5 Å².